The molecule has 2 N–H and O–H groups in total. The summed E-state index contributed by atoms with van der Waals surface area (Å²) in [6.07, 6.45) is 0. The monoisotopic (exact) mass is 331 g/mol. The summed E-state index contributed by atoms with van der Waals surface area (Å²) < 4.78 is 10.5. The van der Waals surface area contributed by atoms with Gasteiger partial charge >= 0.3 is 5.97 Å². The third-order valence-corrected chi connectivity index (χ3v) is 3.38. The zero-order valence-electron chi connectivity index (χ0n) is 11.0. The maximum atomic E-state index is 11.4. The quantitative estimate of drug-likeness (QED) is 0.738. The molecule has 6 heteroatoms. The summed E-state index contributed by atoms with van der Waals surface area (Å²) in [5.41, 5.74) is 1.48. The molecule has 1 aromatic rings. The van der Waals surface area contributed by atoms with E-state index in [0.29, 0.717) is 18.7 Å². The fourth-order valence-corrected chi connectivity index (χ4v) is 2.09. The van der Waals surface area contributed by atoms with Gasteiger partial charge in [-0.25, -0.2) is 4.79 Å². The van der Waals surface area contributed by atoms with Crippen molar-refractivity contribution in [2.45, 2.75) is 12.6 Å². The summed E-state index contributed by atoms with van der Waals surface area (Å²) >= 11 is 3.41. The fourth-order valence-electron chi connectivity index (χ4n) is 1.57. The molecule has 0 amide bonds. The van der Waals surface area contributed by atoms with Crippen molar-refractivity contribution in [3.63, 3.8) is 0 Å². The van der Waals surface area contributed by atoms with Crippen molar-refractivity contribution in [2.75, 3.05) is 27.4 Å². The number of aliphatic hydroxyl groups is 1. The van der Waals surface area contributed by atoms with Crippen molar-refractivity contribution < 1.29 is 19.4 Å². The Morgan fingerprint density at radius 1 is 1.47 bits per heavy atom. The predicted octanol–water partition coefficient (Wildman–Crippen LogP) is 1.33. The summed E-state index contributed by atoms with van der Waals surface area (Å²) in [7, 11) is 2.94. The number of esters is 1. The molecule has 0 fully saturated rings. The Balaban J connectivity index is 2.67. The van der Waals surface area contributed by atoms with E-state index in [1.165, 1.54) is 7.11 Å². The number of carbonyl (C=O) groups excluding carboxylic acids is 1. The molecule has 0 saturated carbocycles. The van der Waals surface area contributed by atoms with E-state index in [0.717, 1.165) is 10.0 Å². The van der Waals surface area contributed by atoms with Crippen LogP contribution in [-0.4, -0.2) is 44.6 Å². The molecule has 0 aliphatic heterocycles. The SMILES string of the molecule is COCC(CO)NCc1ccc(C(=O)OC)cc1Br. The summed E-state index contributed by atoms with van der Waals surface area (Å²) in [4.78, 5) is 11.4. The molecule has 0 radical (unpaired) electrons. The van der Waals surface area contributed by atoms with Crippen LogP contribution in [0, 0.1) is 0 Å². The zero-order valence-corrected chi connectivity index (χ0v) is 12.6. The first-order valence-electron chi connectivity index (χ1n) is 5.82. The summed E-state index contributed by atoms with van der Waals surface area (Å²) in [5.74, 6) is -0.368. The number of benzene rings is 1. The summed E-state index contributed by atoms with van der Waals surface area (Å²) in [6.45, 7) is 1.01. The molecule has 0 aliphatic rings. The normalized spacial score (nSPS) is 12.2. The number of carbonyl (C=O) groups is 1. The minimum absolute atomic E-state index is 0.00566. The van der Waals surface area contributed by atoms with Gasteiger partial charge in [0.15, 0.2) is 0 Å². The van der Waals surface area contributed by atoms with Gasteiger partial charge in [-0.05, 0) is 17.7 Å². The highest BCUT2D eigenvalue weighted by atomic mass is 79.9. The smallest absolute Gasteiger partial charge is 0.337 e. The van der Waals surface area contributed by atoms with E-state index in [2.05, 4.69) is 26.0 Å². The van der Waals surface area contributed by atoms with E-state index in [9.17, 15) is 4.79 Å². The minimum Gasteiger partial charge on any atom is -0.465 e. The Bertz CT molecular complexity index is 425. The Labute approximate surface area is 121 Å². The molecule has 5 nitrogen and oxygen atoms in total. The van der Waals surface area contributed by atoms with Crippen molar-refractivity contribution in [3.05, 3.63) is 33.8 Å². The standard InChI is InChI=1S/C13H18BrNO4/c1-18-8-11(7-16)15-6-10-4-3-9(5-12(10)14)13(17)19-2/h3-5,11,15-16H,6-8H2,1-2H3. The molecule has 1 rings (SSSR count). The van der Waals surface area contributed by atoms with E-state index >= 15 is 0 Å². The van der Waals surface area contributed by atoms with Gasteiger partial charge in [0.25, 0.3) is 0 Å². The van der Waals surface area contributed by atoms with Crippen LogP contribution in [0.3, 0.4) is 0 Å². The van der Waals surface area contributed by atoms with Gasteiger partial charge in [-0.3, -0.25) is 0 Å². The number of hydrogen-bond acceptors (Lipinski definition) is 5. The highest BCUT2D eigenvalue weighted by Gasteiger charge is 2.10. The Morgan fingerprint density at radius 3 is 2.74 bits per heavy atom. The van der Waals surface area contributed by atoms with Crippen molar-refractivity contribution >= 4 is 21.9 Å². The second kappa shape index (κ2) is 8.27. The first-order valence-corrected chi connectivity index (χ1v) is 6.61. The van der Waals surface area contributed by atoms with Gasteiger partial charge < -0.3 is 19.9 Å². The molecule has 0 aliphatic carbocycles. The van der Waals surface area contributed by atoms with E-state index in [1.54, 1.807) is 19.2 Å². The number of methoxy groups -OCH3 is 2. The number of aliphatic hydroxyl groups excluding tert-OH is 1. The lowest BCUT2D eigenvalue weighted by molar-refractivity contribution is 0.0600. The van der Waals surface area contributed by atoms with Crippen molar-refractivity contribution in [3.8, 4) is 0 Å². The average Bonchev–Trinajstić information content (AvgIpc) is 2.43. The van der Waals surface area contributed by atoms with Crippen LogP contribution in [0.2, 0.25) is 0 Å². The molecule has 0 saturated heterocycles. The van der Waals surface area contributed by atoms with E-state index < -0.39 is 0 Å². The van der Waals surface area contributed by atoms with Gasteiger partial charge in [-0.2, -0.15) is 0 Å². The first-order chi connectivity index (χ1) is 9.12. The Hall–Kier alpha value is -0.950. The molecule has 106 valence electrons. The van der Waals surface area contributed by atoms with E-state index in [-0.39, 0.29) is 18.6 Å². The van der Waals surface area contributed by atoms with Gasteiger partial charge in [-0.1, -0.05) is 22.0 Å². The van der Waals surface area contributed by atoms with Crippen LogP contribution in [0.4, 0.5) is 0 Å². The van der Waals surface area contributed by atoms with Gasteiger partial charge in [0, 0.05) is 18.1 Å². The maximum Gasteiger partial charge on any atom is 0.337 e. The Kier molecular flexibility index (Phi) is 7.01. The van der Waals surface area contributed by atoms with Crippen molar-refractivity contribution in [1.82, 2.24) is 5.32 Å². The highest BCUT2D eigenvalue weighted by molar-refractivity contribution is 9.10. The minimum atomic E-state index is -0.368. The second-order valence-corrected chi connectivity index (χ2v) is 4.87. The number of nitrogens with one attached hydrogen (secondary N) is 1. The van der Waals surface area contributed by atoms with Crippen LogP contribution in [0.1, 0.15) is 15.9 Å². The molecule has 0 heterocycles. The molecular formula is C13H18BrNO4. The second-order valence-electron chi connectivity index (χ2n) is 4.01. The molecular weight excluding hydrogens is 314 g/mol. The van der Waals surface area contributed by atoms with Crippen molar-refractivity contribution in [1.29, 1.82) is 0 Å². The van der Waals surface area contributed by atoms with Crippen LogP contribution in [0.15, 0.2) is 22.7 Å². The van der Waals surface area contributed by atoms with Crippen LogP contribution >= 0.6 is 15.9 Å². The molecule has 1 unspecified atom stereocenters. The zero-order chi connectivity index (χ0) is 14.3. The van der Waals surface area contributed by atoms with Crippen LogP contribution in [0.5, 0.6) is 0 Å². The molecule has 0 spiro atoms. The van der Waals surface area contributed by atoms with Crippen LogP contribution in [-0.2, 0) is 16.0 Å². The maximum absolute atomic E-state index is 11.4. The van der Waals surface area contributed by atoms with Crippen molar-refractivity contribution in [2.24, 2.45) is 0 Å². The lowest BCUT2D eigenvalue weighted by Crippen LogP contribution is -2.36. The highest BCUT2D eigenvalue weighted by Crippen LogP contribution is 2.19. The third kappa shape index (κ3) is 4.91. The summed E-state index contributed by atoms with van der Waals surface area (Å²) in [5, 5.41) is 12.3. The largest absolute Gasteiger partial charge is 0.465 e. The van der Waals surface area contributed by atoms with Gasteiger partial charge in [0.1, 0.15) is 0 Å². The molecule has 0 aromatic heterocycles. The van der Waals surface area contributed by atoms with Gasteiger partial charge in [-0.15, -0.1) is 0 Å². The predicted molar refractivity (Wildman–Crippen MR) is 75.1 cm³/mol. The lowest BCUT2D eigenvalue weighted by atomic mass is 10.1. The number of hydrogen-bond donors (Lipinski definition) is 2. The number of rotatable bonds is 7. The average molecular weight is 332 g/mol. The molecule has 0 bridgehead atoms. The van der Waals surface area contributed by atoms with Gasteiger partial charge in [0.2, 0.25) is 0 Å². The van der Waals surface area contributed by atoms with Crippen LogP contribution < -0.4 is 5.32 Å². The summed E-state index contributed by atoms with van der Waals surface area (Å²) in [6, 6.07) is 5.15. The van der Waals surface area contributed by atoms with E-state index in [4.69, 9.17) is 9.84 Å². The van der Waals surface area contributed by atoms with Gasteiger partial charge in [0.05, 0.1) is 31.9 Å². The molecule has 19 heavy (non-hydrogen) atoms. The molecule has 1 aromatic carbocycles. The lowest BCUT2D eigenvalue weighted by Gasteiger charge is -2.16. The number of halogens is 1. The molecule has 1 atom stereocenters. The Morgan fingerprint density at radius 2 is 2.21 bits per heavy atom. The van der Waals surface area contributed by atoms with E-state index in [1.807, 2.05) is 6.07 Å². The number of ether oxygens (including phenoxy) is 2. The first kappa shape index (κ1) is 16.1. The third-order valence-electron chi connectivity index (χ3n) is 2.64. The topological polar surface area (TPSA) is 67.8 Å². The van der Waals surface area contributed by atoms with Crippen LogP contribution in [0.25, 0.3) is 0 Å². The fraction of sp³-hybridized carbons (Fsp3) is 0.462.